The number of aromatic nitrogens is 3. The van der Waals surface area contributed by atoms with Gasteiger partial charge in [-0.1, -0.05) is 11.8 Å². The van der Waals surface area contributed by atoms with Crippen molar-refractivity contribution in [3.05, 3.63) is 24.0 Å². The predicted molar refractivity (Wildman–Crippen MR) is 75.5 cm³/mol. The van der Waals surface area contributed by atoms with Gasteiger partial charge < -0.3 is 14.5 Å². The van der Waals surface area contributed by atoms with Crippen LogP contribution in [0.1, 0.15) is 31.9 Å². The van der Waals surface area contributed by atoms with E-state index in [1.807, 2.05) is 0 Å². The van der Waals surface area contributed by atoms with Crippen LogP contribution in [-0.4, -0.2) is 36.4 Å². The Balaban J connectivity index is 2.36. The number of alkyl halides is 2. The molecule has 0 atom stereocenters. The predicted octanol–water partition coefficient (Wildman–Crippen LogP) is 1.84. The van der Waals surface area contributed by atoms with Gasteiger partial charge in [-0.15, -0.1) is 5.10 Å². The minimum absolute atomic E-state index is 0.0814. The average molecular weight is 353 g/mol. The first-order valence-electron chi connectivity index (χ1n) is 6.68. The molecule has 0 amide bonds. The molecule has 0 aliphatic rings. The molecular formula is C12H18F2N3O5P. The summed E-state index contributed by atoms with van der Waals surface area (Å²) in [6.45, 7) is 5.10. The maximum atomic E-state index is 13.0. The van der Waals surface area contributed by atoms with Gasteiger partial charge in [-0.3, -0.25) is 9.25 Å². The zero-order valence-electron chi connectivity index (χ0n) is 12.5. The third-order valence-electron chi connectivity index (χ3n) is 2.83. The van der Waals surface area contributed by atoms with E-state index in [9.17, 15) is 18.1 Å². The van der Waals surface area contributed by atoms with Crippen molar-refractivity contribution in [1.29, 1.82) is 0 Å². The lowest BCUT2D eigenvalue weighted by Crippen LogP contribution is -2.16. The molecule has 0 bridgehead atoms. The van der Waals surface area contributed by atoms with Crippen molar-refractivity contribution >= 4 is 13.6 Å². The molecule has 11 heteroatoms. The van der Waals surface area contributed by atoms with Crippen LogP contribution < -0.4 is 0 Å². The molecule has 130 valence electrons. The lowest BCUT2D eigenvalue weighted by Gasteiger charge is -2.16. The number of aryl methyl sites for hydroxylation is 1. The summed E-state index contributed by atoms with van der Waals surface area (Å²) >= 11 is 0. The maximum Gasteiger partial charge on any atom is 0.394 e. The Kier molecular flexibility index (Phi) is 6.55. The lowest BCUT2D eigenvalue weighted by molar-refractivity contribution is -0.140. The summed E-state index contributed by atoms with van der Waals surface area (Å²) in [6.07, 6.45) is 0.740. The van der Waals surface area contributed by atoms with Gasteiger partial charge >= 0.3 is 19.2 Å². The summed E-state index contributed by atoms with van der Waals surface area (Å²) in [5.41, 5.74) is -3.37. The fourth-order valence-electron chi connectivity index (χ4n) is 1.53. The van der Waals surface area contributed by atoms with Crippen LogP contribution in [0.4, 0.5) is 8.78 Å². The summed E-state index contributed by atoms with van der Waals surface area (Å²) in [5.74, 6) is -0.556. The van der Waals surface area contributed by atoms with E-state index in [-0.39, 0.29) is 31.6 Å². The molecule has 1 aromatic heterocycles. The standard InChI is InChI=1S/C12H18F2N3O5P/c1-9(2)11(18)22-8-10-7-17(16-15-10)6-4-3-5-12(13,14)23(19,20)21/h7H,1,3-6,8H2,2H3,(H2,19,20,21). The van der Waals surface area contributed by atoms with Gasteiger partial charge in [0.25, 0.3) is 0 Å². The number of esters is 1. The average Bonchev–Trinajstić information content (AvgIpc) is 2.87. The van der Waals surface area contributed by atoms with Crippen LogP contribution in [0.5, 0.6) is 0 Å². The molecule has 0 radical (unpaired) electrons. The van der Waals surface area contributed by atoms with Crippen molar-refractivity contribution < 1.29 is 32.7 Å². The smallest absolute Gasteiger partial charge is 0.394 e. The van der Waals surface area contributed by atoms with Crippen LogP contribution in [0, 0.1) is 0 Å². The van der Waals surface area contributed by atoms with Crippen molar-refractivity contribution in [3.63, 3.8) is 0 Å². The number of nitrogens with zero attached hydrogens (tertiary/aromatic N) is 3. The molecule has 0 aromatic carbocycles. The Labute approximate surface area is 131 Å². The second kappa shape index (κ2) is 7.76. The molecule has 8 nitrogen and oxygen atoms in total. The number of hydrogen-bond donors (Lipinski definition) is 2. The minimum Gasteiger partial charge on any atom is -0.456 e. The van der Waals surface area contributed by atoms with Gasteiger partial charge in [-0.25, -0.2) is 4.79 Å². The Morgan fingerprint density at radius 2 is 2.13 bits per heavy atom. The molecular weight excluding hydrogens is 335 g/mol. The van der Waals surface area contributed by atoms with Crippen molar-refractivity contribution in [3.8, 4) is 0 Å². The van der Waals surface area contributed by atoms with E-state index < -0.39 is 25.6 Å². The molecule has 1 rings (SSSR count). The Hall–Kier alpha value is -1.64. The third-order valence-corrected chi connectivity index (χ3v) is 3.90. The molecule has 0 aliphatic carbocycles. The zero-order chi connectivity index (χ0) is 17.7. The fourth-order valence-corrected chi connectivity index (χ4v) is 1.98. The normalized spacial score (nSPS) is 12.2. The highest BCUT2D eigenvalue weighted by Gasteiger charge is 2.47. The maximum absolute atomic E-state index is 13.0. The number of rotatable bonds is 9. The summed E-state index contributed by atoms with van der Waals surface area (Å²) in [4.78, 5) is 28.2. The largest absolute Gasteiger partial charge is 0.456 e. The molecule has 0 saturated heterocycles. The summed E-state index contributed by atoms with van der Waals surface area (Å²) in [6, 6.07) is 0. The van der Waals surface area contributed by atoms with E-state index in [2.05, 4.69) is 16.9 Å². The molecule has 0 unspecified atom stereocenters. The lowest BCUT2D eigenvalue weighted by atomic mass is 10.2. The fraction of sp³-hybridized carbons (Fsp3) is 0.583. The van der Waals surface area contributed by atoms with Crippen LogP contribution in [0.3, 0.4) is 0 Å². The highest BCUT2D eigenvalue weighted by molar-refractivity contribution is 7.53. The topological polar surface area (TPSA) is 115 Å². The number of carbonyl (C=O) groups excluding carboxylic acids is 1. The molecule has 2 N–H and O–H groups in total. The first-order valence-corrected chi connectivity index (χ1v) is 8.29. The quantitative estimate of drug-likeness (QED) is 0.301. The molecule has 0 fully saturated rings. The SMILES string of the molecule is C=C(C)C(=O)OCc1cn(CCCCC(F)(F)P(=O)(O)O)nn1. The monoisotopic (exact) mass is 353 g/mol. The highest BCUT2D eigenvalue weighted by Crippen LogP contribution is 2.55. The Bertz CT molecular complexity index is 614. The molecule has 23 heavy (non-hydrogen) atoms. The molecule has 1 heterocycles. The summed E-state index contributed by atoms with van der Waals surface area (Å²) in [5, 5.41) is 7.48. The molecule has 0 spiro atoms. The van der Waals surface area contributed by atoms with Gasteiger partial charge in [0.2, 0.25) is 0 Å². The van der Waals surface area contributed by atoms with E-state index in [0.717, 1.165) is 0 Å². The van der Waals surface area contributed by atoms with Crippen molar-refractivity contribution in [2.45, 2.75) is 45.0 Å². The van der Waals surface area contributed by atoms with Gasteiger partial charge in [0, 0.05) is 18.5 Å². The van der Waals surface area contributed by atoms with Crippen molar-refractivity contribution in [1.82, 2.24) is 15.0 Å². The van der Waals surface area contributed by atoms with Crippen LogP contribution in [-0.2, 0) is 27.2 Å². The van der Waals surface area contributed by atoms with E-state index in [0.29, 0.717) is 5.69 Å². The van der Waals surface area contributed by atoms with Gasteiger partial charge in [-0.05, 0) is 19.8 Å². The van der Waals surface area contributed by atoms with Gasteiger partial charge in [0.05, 0.1) is 6.20 Å². The number of unbranched alkanes of at least 4 members (excludes halogenated alkanes) is 1. The molecule has 0 saturated carbocycles. The summed E-state index contributed by atoms with van der Waals surface area (Å²) in [7, 11) is -5.43. The molecule has 0 aliphatic heterocycles. The van der Waals surface area contributed by atoms with Crippen molar-refractivity contribution in [2.75, 3.05) is 0 Å². The first kappa shape index (κ1) is 19.4. The summed E-state index contributed by atoms with van der Waals surface area (Å²) < 4.78 is 42.9. The highest BCUT2D eigenvalue weighted by atomic mass is 31.2. The van der Waals surface area contributed by atoms with Crippen molar-refractivity contribution in [2.24, 2.45) is 0 Å². The second-order valence-corrected chi connectivity index (χ2v) is 6.74. The van der Waals surface area contributed by atoms with Crippen LogP contribution in [0.15, 0.2) is 18.3 Å². The third kappa shape index (κ3) is 6.17. The first-order chi connectivity index (χ1) is 10.5. The van der Waals surface area contributed by atoms with Crippen LogP contribution in [0.25, 0.3) is 0 Å². The van der Waals surface area contributed by atoms with Gasteiger partial charge in [0.1, 0.15) is 12.3 Å². The minimum atomic E-state index is -5.43. The van der Waals surface area contributed by atoms with Crippen LogP contribution in [0.2, 0.25) is 0 Å². The molecule has 1 aromatic rings. The van der Waals surface area contributed by atoms with Crippen LogP contribution >= 0.6 is 7.60 Å². The number of ether oxygens (including phenoxy) is 1. The second-order valence-electron chi connectivity index (χ2n) is 5.00. The Morgan fingerprint density at radius 3 is 2.70 bits per heavy atom. The number of hydrogen-bond acceptors (Lipinski definition) is 5. The van der Waals surface area contributed by atoms with Gasteiger partial charge in [-0.2, -0.15) is 8.78 Å². The van der Waals surface area contributed by atoms with E-state index in [1.54, 1.807) is 0 Å². The van der Waals surface area contributed by atoms with Gasteiger partial charge in [0.15, 0.2) is 0 Å². The number of carbonyl (C=O) groups is 1. The van der Waals surface area contributed by atoms with E-state index in [4.69, 9.17) is 14.5 Å². The number of halogens is 2. The van der Waals surface area contributed by atoms with E-state index >= 15 is 0 Å². The zero-order valence-corrected chi connectivity index (χ0v) is 13.4. The Morgan fingerprint density at radius 1 is 1.48 bits per heavy atom. The van der Waals surface area contributed by atoms with E-state index in [1.165, 1.54) is 17.8 Å².